The number of piperidine rings is 1. The quantitative estimate of drug-likeness (QED) is 0.472. The van der Waals surface area contributed by atoms with Gasteiger partial charge < -0.3 is 14.6 Å². The zero-order valence-corrected chi connectivity index (χ0v) is 19.7. The number of anilines is 1. The molecule has 5 rings (SSSR count). The Morgan fingerprint density at radius 1 is 1.23 bits per heavy atom. The van der Waals surface area contributed by atoms with Crippen LogP contribution in [-0.4, -0.2) is 40.7 Å². The molecule has 0 aliphatic carbocycles. The number of nitrogens with one attached hydrogen (secondary N) is 2. The monoisotopic (exact) mass is 493 g/mol. The summed E-state index contributed by atoms with van der Waals surface area (Å²) in [6.07, 6.45) is 6.85. The molecule has 0 unspecified atom stereocenters. The second kappa shape index (κ2) is 10.4. The van der Waals surface area contributed by atoms with E-state index >= 15 is 0 Å². The fourth-order valence-electron chi connectivity index (χ4n) is 4.26. The van der Waals surface area contributed by atoms with Crippen LogP contribution in [0.3, 0.4) is 0 Å². The molecule has 0 atom stereocenters. The second-order valence-corrected chi connectivity index (χ2v) is 9.49. The first-order valence-electron chi connectivity index (χ1n) is 11.4. The minimum atomic E-state index is -0.398. The highest BCUT2D eigenvalue weighted by molar-refractivity contribution is 8.18. The Kier molecular flexibility index (Phi) is 6.91. The van der Waals surface area contributed by atoms with E-state index in [4.69, 9.17) is 4.42 Å². The van der Waals surface area contributed by atoms with Crippen molar-refractivity contribution in [3.05, 3.63) is 70.8 Å². The highest BCUT2D eigenvalue weighted by Crippen LogP contribution is 2.27. The van der Waals surface area contributed by atoms with Crippen molar-refractivity contribution in [2.24, 2.45) is 5.92 Å². The molecule has 4 heterocycles. The molecular weight excluding hydrogens is 469 g/mol. The molecule has 2 aliphatic heterocycles. The minimum Gasteiger partial charge on any atom is -0.464 e. The average Bonchev–Trinajstić information content (AvgIpc) is 3.50. The lowest BCUT2D eigenvalue weighted by Crippen LogP contribution is -2.38. The topological polar surface area (TPSA) is 100 Å². The summed E-state index contributed by atoms with van der Waals surface area (Å²) in [4.78, 5) is 34.6. The van der Waals surface area contributed by atoms with Gasteiger partial charge in [-0.25, -0.2) is 14.4 Å². The average molecular weight is 494 g/mol. The van der Waals surface area contributed by atoms with Crippen LogP contribution in [0.25, 0.3) is 17.4 Å². The number of amides is 2. The maximum atomic E-state index is 13.8. The summed E-state index contributed by atoms with van der Waals surface area (Å²) in [6.45, 7) is 3.14. The molecule has 0 spiro atoms. The van der Waals surface area contributed by atoms with Gasteiger partial charge in [-0.15, -0.1) is 0 Å². The molecule has 2 amide bonds. The fourth-order valence-corrected chi connectivity index (χ4v) is 4.93. The Morgan fingerprint density at radius 3 is 2.83 bits per heavy atom. The van der Waals surface area contributed by atoms with E-state index in [1.807, 2.05) is 6.07 Å². The number of furan rings is 1. The predicted octanol–water partition coefficient (Wildman–Crippen LogP) is 4.21. The zero-order valence-electron chi connectivity index (χ0n) is 18.9. The van der Waals surface area contributed by atoms with Gasteiger partial charge >= 0.3 is 0 Å². The van der Waals surface area contributed by atoms with Crippen LogP contribution in [0.1, 0.15) is 24.1 Å². The van der Waals surface area contributed by atoms with Gasteiger partial charge in [-0.05, 0) is 79.0 Å². The number of rotatable bonds is 7. The first-order chi connectivity index (χ1) is 17.0. The van der Waals surface area contributed by atoms with Crippen LogP contribution in [0.5, 0.6) is 0 Å². The molecule has 0 saturated carbocycles. The summed E-state index contributed by atoms with van der Waals surface area (Å²) in [7, 11) is 0. The third kappa shape index (κ3) is 5.60. The number of thioether (sulfide) groups is 1. The second-order valence-electron chi connectivity index (χ2n) is 8.47. The first-order valence-corrected chi connectivity index (χ1v) is 12.2. The Hall–Kier alpha value is -3.50. The minimum absolute atomic E-state index is 0.284. The standard InChI is InChI=1S/C25H24FN5O3S/c26-18-4-3-17(20(12-18)21-2-1-11-34-21)15-27-14-16-6-9-31(10-7-16)24-28-8-5-19(29-24)13-22-23(32)30-25(33)35-22/h1-5,8,11-13,16,27H,6-7,9-10,14-15H2,(H,30,32,33). The highest BCUT2D eigenvalue weighted by atomic mass is 32.2. The maximum Gasteiger partial charge on any atom is 0.290 e. The molecular formula is C25H24FN5O3S. The van der Waals surface area contributed by atoms with Crippen molar-refractivity contribution < 1.29 is 18.4 Å². The lowest BCUT2D eigenvalue weighted by Gasteiger charge is -2.32. The lowest BCUT2D eigenvalue weighted by atomic mass is 9.96. The van der Waals surface area contributed by atoms with Crippen molar-refractivity contribution in [3.8, 4) is 11.3 Å². The molecule has 0 bridgehead atoms. The molecule has 1 aromatic carbocycles. The SMILES string of the molecule is O=C1NC(=O)C(=Cc2ccnc(N3CCC(CNCc4ccc(F)cc4-c4ccco4)CC3)n2)S1. The molecule has 2 aliphatic rings. The van der Waals surface area contributed by atoms with Crippen LogP contribution in [0.15, 0.2) is 58.2 Å². The van der Waals surface area contributed by atoms with Crippen LogP contribution in [0, 0.1) is 11.7 Å². The molecule has 2 N–H and O–H groups in total. The molecule has 10 heteroatoms. The number of aromatic nitrogens is 2. The van der Waals surface area contributed by atoms with E-state index in [0.29, 0.717) is 34.8 Å². The Bertz CT molecular complexity index is 1260. The number of halogens is 1. The van der Waals surface area contributed by atoms with Gasteiger partial charge in [-0.3, -0.25) is 14.9 Å². The van der Waals surface area contributed by atoms with Gasteiger partial charge in [-0.2, -0.15) is 0 Å². The number of imide groups is 1. The molecule has 8 nitrogen and oxygen atoms in total. The van der Waals surface area contributed by atoms with E-state index < -0.39 is 5.91 Å². The largest absolute Gasteiger partial charge is 0.464 e. The van der Waals surface area contributed by atoms with E-state index in [9.17, 15) is 14.0 Å². The van der Waals surface area contributed by atoms with E-state index in [-0.39, 0.29) is 11.1 Å². The number of carbonyl (C=O) groups is 2. The van der Waals surface area contributed by atoms with Crippen molar-refractivity contribution in [2.75, 3.05) is 24.5 Å². The predicted molar refractivity (Wildman–Crippen MR) is 132 cm³/mol. The molecule has 180 valence electrons. The van der Waals surface area contributed by atoms with Gasteiger partial charge in [0.15, 0.2) is 0 Å². The van der Waals surface area contributed by atoms with Gasteiger partial charge in [0.2, 0.25) is 5.95 Å². The van der Waals surface area contributed by atoms with Crippen molar-refractivity contribution >= 4 is 34.9 Å². The summed E-state index contributed by atoms with van der Waals surface area (Å²) in [5, 5.41) is 5.39. The summed E-state index contributed by atoms with van der Waals surface area (Å²) in [6, 6.07) is 10.1. The van der Waals surface area contributed by atoms with Gasteiger partial charge in [0.1, 0.15) is 11.6 Å². The van der Waals surface area contributed by atoms with Crippen LogP contribution < -0.4 is 15.5 Å². The Labute approximate surface area is 206 Å². The van der Waals surface area contributed by atoms with Gasteiger partial charge in [0, 0.05) is 31.4 Å². The molecule has 2 fully saturated rings. The summed E-state index contributed by atoms with van der Waals surface area (Å²) < 4.78 is 19.2. The van der Waals surface area contributed by atoms with Crippen LogP contribution >= 0.6 is 11.8 Å². The van der Waals surface area contributed by atoms with Gasteiger partial charge in [0.25, 0.3) is 11.1 Å². The summed E-state index contributed by atoms with van der Waals surface area (Å²) in [5.41, 5.74) is 2.36. The normalized spacial score (nSPS) is 17.9. The molecule has 3 aromatic rings. The highest BCUT2D eigenvalue weighted by Gasteiger charge is 2.26. The van der Waals surface area contributed by atoms with Crippen molar-refractivity contribution in [3.63, 3.8) is 0 Å². The number of benzene rings is 1. The van der Waals surface area contributed by atoms with E-state index in [1.54, 1.807) is 36.7 Å². The summed E-state index contributed by atoms with van der Waals surface area (Å²) in [5.74, 6) is 1.11. The lowest BCUT2D eigenvalue weighted by molar-refractivity contribution is -0.115. The van der Waals surface area contributed by atoms with Crippen molar-refractivity contribution in [1.29, 1.82) is 0 Å². The van der Waals surface area contributed by atoms with Crippen LogP contribution in [0.2, 0.25) is 0 Å². The van der Waals surface area contributed by atoms with Crippen LogP contribution in [0.4, 0.5) is 15.1 Å². The third-order valence-corrected chi connectivity index (χ3v) is 6.90. The molecule has 0 radical (unpaired) electrons. The molecule has 2 saturated heterocycles. The molecule has 35 heavy (non-hydrogen) atoms. The number of hydrogen-bond acceptors (Lipinski definition) is 8. The number of nitrogens with zero attached hydrogens (tertiary/aromatic N) is 3. The van der Waals surface area contributed by atoms with E-state index in [2.05, 4.69) is 25.5 Å². The van der Waals surface area contributed by atoms with E-state index in [0.717, 1.165) is 55.4 Å². The van der Waals surface area contributed by atoms with Crippen LogP contribution in [-0.2, 0) is 11.3 Å². The fraction of sp³-hybridized carbons (Fsp3) is 0.280. The molecule has 2 aromatic heterocycles. The van der Waals surface area contributed by atoms with Gasteiger partial charge in [0.05, 0.1) is 16.9 Å². The number of hydrogen-bond donors (Lipinski definition) is 2. The zero-order chi connectivity index (χ0) is 24.2. The Balaban J connectivity index is 1.14. The van der Waals surface area contributed by atoms with Gasteiger partial charge in [-0.1, -0.05) is 6.07 Å². The smallest absolute Gasteiger partial charge is 0.290 e. The third-order valence-electron chi connectivity index (χ3n) is 6.09. The first kappa shape index (κ1) is 23.3. The summed E-state index contributed by atoms with van der Waals surface area (Å²) >= 11 is 0.874. The van der Waals surface area contributed by atoms with Crippen molar-refractivity contribution in [2.45, 2.75) is 19.4 Å². The van der Waals surface area contributed by atoms with E-state index in [1.165, 1.54) is 12.1 Å². The number of carbonyl (C=O) groups excluding carboxylic acids is 2. The Morgan fingerprint density at radius 2 is 2.09 bits per heavy atom. The maximum absolute atomic E-state index is 13.8. The van der Waals surface area contributed by atoms with Crippen molar-refractivity contribution in [1.82, 2.24) is 20.6 Å².